The first kappa shape index (κ1) is 13.5. The second-order valence-corrected chi connectivity index (χ2v) is 4.87. The number of anilines is 1. The molecule has 0 atom stereocenters. The van der Waals surface area contributed by atoms with Gasteiger partial charge >= 0.3 is 0 Å². The van der Waals surface area contributed by atoms with E-state index in [1.165, 1.54) is 16.8 Å². The highest BCUT2D eigenvalue weighted by molar-refractivity contribution is 6.30. The summed E-state index contributed by atoms with van der Waals surface area (Å²) in [6.07, 6.45) is 4.77. The Morgan fingerprint density at radius 3 is 2.67 bits per heavy atom. The van der Waals surface area contributed by atoms with Crippen LogP contribution in [0.5, 0.6) is 0 Å². The third-order valence-corrected chi connectivity index (χ3v) is 3.32. The molecule has 0 aliphatic rings. The van der Waals surface area contributed by atoms with E-state index in [1.807, 2.05) is 6.92 Å². The number of nitrogens with zero attached hydrogens (tertiary/aromatic N) is 4. The Kier molecular flexibility index (Phi) is 3.31. The van der Waals surface area contributed by atoms with E-state index in [0.717, 1.165) is 5.69 Å². The van der Waals surface area contributed by atoms with Gasteiger partial charge in [-0.2, -0.15) is 5.10 Å². The zero-order valence-corrected chi connectivity index (χ0v) is 11.8. The highest BCUT2D eigenvalue weighted by Crippen LogP contribution is 2.26. The first-order chi connectivity index (χ1) is 10.1. The summed E-state index contributed by atoms with van der Waals surface area (Å²) in [5.74, 6) is -0.513. The van der Waals surface area contributed by atoms with Gasteiger partial charge in [-0.1, -0.05) is 11.6 Å². The molecule has 0 fully saturated rings. The molecule has 0 radical (unpaired) electrons. The van der Waals surface area contributed by atoms with Crippen molar-refractivity contribution in [2.24, 2.45) is 0 Å². The Morgan fingerprint density at radius 1 is 1.19 bits per heavy atom. The summed E-state index contributed by atoms with van der Waals surface area (Å²) >= 11 is 5.67. The van der Waals surface area contributed by atoms with Gasteiger partial charge in [0.2, 0.25) is 0 Å². The quantitative estimate of drug-likeness (QED) is 0.790. The molecule has 0 unspecified atom stereocenters. The molecule has 21 heavy (non-hydrogen) atoms. The number of aromatic nitrogens is 4. The zero-order chi connectivity index (χ0) is 15.0. The molecule has 0 saturated heterocycles. The number of hydrogen-bond donors (Lipinski definition) is 1. The molecule has 3 aromatic rings. The molecule has 5 nitrogen and oxygen atoms in total. The average molecular weight is 304 g/mol. The van der Waals surface area contributed by atoms with E-state index < -0.39 is 5.82 Å². The zero-order valence-electron chi connectivity index (χ0n) is 11.1. The molecule has 0 aliphatic carbocycles. The Bertz CT molecular complexity index is 815. The van der Waals surface area contributed by atoms with Gasteiger partial charge in [0.05, 0.1) is 28.3 Å². The maximum atomic E-state index is 13.5. The SMILES string of the molecule is Cc1nccnc1-c1nn(-c2ccc(Cl)c(F)c2)cc1N. The molecule has 3 rings (SSSR count). The standard InChI is InChI=1S/C14H11ClFN5/c1-8-13(19-5-4-18-8)14-12(17)7-21(20-14)9-2-3-10(15)11(16)6-9/h2-7H,17H2,1H3. The third-order valence-electron chi connectivity index (χ3n) is 3.02. The number of hydrogen-bond acceptors (Lipinski definition) is 4. The summed E-state index contributed by atoms with van der Waals surface area (Å²) in [5, 5.41) is 4.42. The average Bonchev–Trinajstić information content (AvgIpc) is 2.84. The van der Waals surface area contributed by atoms with Gasteiger partial charge in [0, 0.05) is 18.5 Å². The number of halogens is 2. The molecular weight excluding hydrogens is 293 g/mol. The molecule has 0 aliphatic heterocycles. The van der Waals surface area contributed by atoms with Gasteiger partial charge in [-0.15, -0.1) is 0 Å². The number of nitrogens with two attached hydrogens (primary N) is 1. The van der Waals surface area contributed by atoms with Crippen LogP contribution in [0.15, 0.2) is 36.8 Å². The molecule has 0 spiro atoms. The predicted molar refractivity (Wildman–Crippen MR) is 78.7 cm³/mol. The number of nitrogen functional groups attached to an aromatic ring is 1. The monoisotopic (exact) mass is 303 g/mol. The molecule has 2 aromatic heterocycles. The Morgan fingerprint density at radius 2 is 1.95 bits per heavy atom. The van der Waals surface area contributed by atoms with Crippen LogP contribution < -0.4 is 5.73 Å². The normalized spacial score (nSPS) is 10.8. The summed E-state index contributed by atoms with van der Waals surface area (Å²) in [6.45, 7) is 1.82. The molecule has 106 valence electrons. The fraction of sp³-hybridized carbons (Fsp3) is 0.0714. The number of aryl methyl sites for hydroxylation is 1. The largest absolute Gasteiger partial charge is 0.396 e. The van der Waals surface area contributed by atoms with Gasteiger partial charge in [-0.3, -0.25) is 9.97 Å². The van der Waals surface area contributed by atoms with Crippen molar-refractivity contribution in [1.82, 2.24) is 19.7 Å². The topological polar surface area (TPSA) is 69.6 Å². The fourth-order valence-corrected chi connectivity index (χ4v) is 2.09. The fourth-order valence-electron chi connectivity index (χ4n) is 1.97. The lowest BCUT2D eigenvalue weighted by Crippen LogP contribution is -1.97. The summed E-state index contributed by atoms with van der Waals surface area (Å²) in [7, 11) is 0. The first-order valence-electron chi connectivity index (χ1n) is 6.15. The highest BCUT2D eigenvalue weighted by Gasteiger charge is 2.14. The van der Waals surface area contributed by atoms with Crippen LogP contribution in [0.25, 0.3) is 17.1 Å². The van der Waals surface area contributed by atoms with Crippen LogP contribution in [0.2, 0.25) is 5.02 Å². The Balaban J connectivity index is 2.09. The summed E-state index contributed by atoms with van der Waals surface area (Å²) in [6, 6.07) is 4.42. The Labute approximate surface area is 125 Å². The minimum absolute atomic E-state index is 0.0591. The number of benzene rings is 1. The molecule has 0 amide bonds. The second-order valence-electron chi connectivity index (χ2n) is 4.47. The van der Waals surface area contributed by atoms with E-state index >= 15 is 0 Å². The van der Waals surface area contributed by atoms with Crippen LogP contribution >= 0.6 is 11.6 Å². The van der Waals surface area contributed by atoms with Crippen molar-refractivity contribution in [2.45, 2.75) is 6.92 Å². The maximum absolute atomic E-state index is 13.5. The van der Waals surface area contributed by atoms with Gasteiger partial charge in [0.15, 0.2) is 0 Å². The molecule has 7 heteroatoms. The van der Waals surface area contributed by atoms with E-state index in [-0.39, 0.29) is 5.02 Å². The molecule has 2 N–H and O–H groups in total. The van der Waals surface area contributed by atoms with E-state index in [9.17, 15) is 4.39 Å². The van der Waals surface area contributed by atoms with Crippen molar-refractivity contribution in [1.29, 1.82) is 0 Å². The van der Waals surface area contributed by atoms with E-state index in [2.05, 4.69) is 15.1 Å². The van der Waals surface area contributed by atoms with Crippen LogP contribution in [-0.4, -0.2) is 19.7 Å². The van der Waals surface area contributed by atoms with Gasteiger partial charge in [-0.25, -0.2) is 9.07 Å². The predicted octanol–water partition coefficient (Wildman–Crippen LogP) is 3.01. The van der Waals surface area contributed by atoms with Crippen molar-refractivity contribution in [3.05, 3.63) is 53.3 Å². The van der Waals surface area contributed by atoms with Crippen molar-refractivity contribution >= 4 is 17.3 Å². The number of rotatable bonds is 2. The van der Waals surface area contributed by atoms with Crippen molar-refractivity contribution in [3.63, 3.8) is 0 Å². The van der Waals surface area contributed by atoms with E-state index in [0.29, 0.717) is 22.8 Å². The van der Waals surface area contributed by atoms with E-state index in [4.69, 9.17) is 17.3 Å². The lowest BCUT2D eigenvalue weighted by Gasteiger charge is -2.02. The van der Waals surface area contributed by atoms with Crippen LogP contribution in [0.1, 0.15) is 5.69 Å². The molecule has 0 saturated carbocycles. The summed E-state index contributed by atoms with van der Waals surface area (Å²) in [4.78, 5) is 8.39. The van der Waals surface area contributed by atoms with Gasteiger partial charge < -0.3 is 5.73 Å². The minimum Gasteiger partial charge on any atom is -0.396 e. The van der Waals surface area contributed by atoms with Crippen LogP contribution in [0.3, 0.4) is 0 Å². The van der Waals surface area contributed by atoms with Crippen molar-refractivity contribution < 1.29 is 4.39 Å². The van der Waals surface area contributed by atoms with Crippen molar-refractivity contribution in [3.8, 4) is 17.1 Å². The van der Waals surface area contributed by atoms with Crippen LogP contribution in [0, 0.1) is 12.7 Å². The minimum atomic E-state index is -0.513. The third kappa shape index (κ3) is 2.45. The lowest BCUT2D eigenvalue weighted by molar-refractivity contribution is 0.626. The van der Waals surface area contributed by atoms with E-state index in [1.54, 1.807) is 24.7 Å². The smallest absolute Gasteiger partial charge is 0.143 e. The van der Waals surface area contributed by atoms with Crippen molar-refractivity contribution in [2.75, 3.05) is 5.73 Å². The molecule has 0 bridgehead atoms. The Hall–Kier alpha value is -2.47. The van der Waals surface area contributed by atoms with Gasteiger partial charge in [-0.05, 0) is 19.1 Å². The molecular formula is C14H11ClFN5. The van der Waals surface area contributed by atoms with Gasteiger partial charge in [0.25, 0.3) is 0 Å². The summed E-state index contributed by atoms with van der Waals surface area (Å²) < 4.78 is 15.0. The maximum Gasteiger partial charge on any atom is 0.143 e. The van der Waals surface area contributed by atoms with Gasteiger partial charge in [0.1, 0.15) is 17.2 Å². The van der Waals surface area contributed by atoms with Crippen LogP contribution in [0.4, 0.5) is 10.1 Å². The molecule has 1 aromatic carbocycles. The lowest BCUT2D eigenvalue weighted by atomic mass is 10.2. The second kappa shape index (κ2) is 5.14. The van der Waals surface area contributed by atoms with Crippen LogP contribution in [-0.2, 0) is 0 Å². The highest BCUT2D eigenvalue weighted by atomic mass is 35.5. The summed E-state index contributed by atoms with van der Waals surface area (Å²) in [5.41, 5.74) is 8.77. The first-order valence-corrected chi connectivity index (χ1v) is 6.52. The molecule has 2 heterocycles.